The molecule has 2 aromatic carbocycles. The summed E-state index contributed by atoms with van der Waals surface area (Å²) in [5.41, 5.74) is 2.99. The number of benzene rings is 2. The lowest BCUT2D eigenvalue weighted by Gasteiger charge is -2.15. The molecule has 0 aromatic heterocycles. The molecule has 0 saturated carbocycles. The second-order valence-electron chi connectivity index (χ2n) is 4.75. The molecule has 1 unspecified atom stereocenters. The van der Waals surface area contributed by atoms with Crippen LogP contribution in [0.5, 0.6) is 0 Å². The third kappa shape index (κ3) is 3.80. The van der Waals surface area contributed by atoms with Crippen LogP contribution in [0.15, 0.2) is 48.5 Å². The molecule has 0 radical (unpaired) electrons. The zero-order valence-electron chi connectivity index (χ0n) is 11.6. The first-order valence-corrected chi connectivity index (χ1v) is 6.57. The summed E-state index contributed by atoms with van der Waals surface area (Å²) >= 11 is 0. The van der Waals surface area contributed by atoms with Gasteiger partial charge >= 0.3 is 0 Å². The Bertz CT molecular complexity index is 657. The van der Waals surface area contributed by atoms with Crippen molar-refractivity contribution in [3.63, 3.8) is 0 Å². The molecule has 0 bridgehead atoms. The Morgan fingerprint density at radius 2 is 1.81 bits per heavy atom. The fourth-order valence-electron chi connectivity index (χ4n) is 2.03. The van der Waals surface area contributed by atoms with E-state index in [-0.39, 0.29) is 11.7 Å². The Morgan fingerprint density at radius 3 is 2.33 bits per heavy atom. The molecule has 0 aliphatic heterocycles. The quantitative estimate of drug-likeness (QED) is 0.667. The van der Waals surface area contributed by atoms with E-state index in [1.54, 1.807) is 12.1 Å². The molecule has 0 aliphatic rings. The van der Waals surface area contributed by atoms with Gasteiger partial charge in [0.2, 0.25) is 0 Å². The molecule has 0 spiro atoms. The molecular weight excluding hydrogens is 266 g/mol. The molecule has 1 N–H and O–H groups in total. The van der Waals surface area contributed by atoms with Gasteiger partial charge in [-0.05, 0) is 30.2 Å². The van der Waals surface area contributed by atoms with Crippen LogP contribution in [0.3, 0.4) is 0 Å². The first-order valence-electron chi connectivity index (χ1n) is 6.57. The minimum absolute atomic E-state index is 0.0348. The van der Waals surface area contributed by atoms with E-state index < -0.39 is 4.92 Å². The summed E-state index contributed by atoms with van der Waals surface area (Å²) in [5.74, 6) is 0. The molecule has 21 heavy (non-hydrogen) atoms. The lowest BCUT2D eigenvalue weighted by Crippen LogP contribution is -2.06. The Kier molecular flexibility index (Phi) is 4.52. The van der Waals surface area contributed by atoms with Crippen LogP contribution in [0.4, 0.5) is 11.4 Å². The Balaban J connectivity index is 2.05. The maximum atomic E-state index is 10.6. The average Bonchev–Trinajstić information content (AvgIpc) is 2.49. The van der Waals surface area contributed by atoms with E-state index in [2.05, 4.69) is 11.4 Å². The number of non-ortho nitro benzene ring substituents is 1. The van der Waals surface area contributed by atoms with Crippen LogP contribution < -0.4 is 5.32 Å². The average molecular weight is 281 g/mol. The van der Waals surface area contributed by atoms with Crippen molar-refractivity contribution in [3.8, 4) is 6.07 Å². The highest BCUT2D eigenvalue weighted by molar-refractivity contribution is 5.47. The molecule has 106 valence electrons. The van der Waals surface area contributed by atoms with Crippen molar-refractivity contribution in [2.24, 2.45) is 0 Å². The topological polar surface area (TPSA) is 79.0 Å². The van der Waals surface area contributed by atoms with Crippen LogP contribution in [-0.2, 0) is 6.42 Å². The summed E-state index contributed by atoms with van der Waals surface area (Å²) in [5, 5.41) is 22.6. The van der Waals surface area contributed by atoms with Gasteiger partial charge in [-0.2, -0.15) is 5.26 Å². The summed E-state index contributed by atoms with van der Waals surface area (Å²) in [6, 6.07) is 16.3. The fraction of sp³-hybridized carbons (Fsp3) is 0.188. The zero-order valence-corrected chi connectivity index (χ0v) is 11.6. The minimum atomic E-state index is -0.407. The van der Waals surface area contributed by atoms with E-state index in [4.69, 9.17) is 5.26 Å². The van der Waals surface area contributed by atoms with Gasteiger partial charge in [0, 0.05) is 23.9 Å². The van der Waals surface area contributed by atoms with Crippen LogP contribution in [0, 0.1) is 21.4 Å². The summed E-state index contributed by atoms with van der Waals surface area (Å²) in [7, 11) is 0. The van der Waals surface area contributed by atoms with E-state index >= 15 is 0 Å². The maximum Gasteiger partial charge on any atom is 0.269 e. The first kappa shape index (κ1) is 14.5. The minimum Gasteiger partial charge on any atom is -0.379 e. The molecule has 0 heterocycles. The van der Waals surface area contributed by atoms with Gasteiger partial charge in [0.25, 0.3) is 5.69 Å². The molecule has 0 aliphatic carbocycles. The Labute approximate surface area is 123 Å². The number of nitro benzene ring substituents is 1. The zero-order chi connectivity index (χ0) is 15.2. The van der Waals surface area contributed by atoms with Crippen molar-refractivity contribution in [1.29, 1.82) is 5.26 Å². The van der Waals surface area contributed by atoms with Crippen molar-refractivity contribution >= 4 is 11.4 Å². The molecule has 0 saturated heterocycles. The molecule has 2 aromatic rings. The van der Waals surface area contributed by atoms with Crippen molar-refractivity contribution in [2.45, 2.75) is 19.4 Å². The van der Waals surface area contributed by atoms with E-state index in [9.17, 15) is 10.1 Å². The van der Waals surface area contributed by atoms with Crippen LogP contribution in [0.2, 0.25) is 0 Å². The molecule has 0 fully saturated rings. The van der Waals surface area contributed by atoms with Crippen LogP contribution in [0.25, 0.3) is 0 Å². The Morgan fingerprint density at radius 1 is 1.19 bits per heavy atom. The smallest absolute Gasteiger partial charge is 0.269 e. The predicted octanol–water partition coefficient (Wildman–Crippen LogP) is 3.83. The number of hydrogen-bond donors (Lipinski definition) is 1. The highest BCUT2D eigenvalue weighted by atomic mass is 16.6. The lowest BCUT2D eigenvalue weighted by atomic mass is 10.1. The van der Waals surface area contributed by atoms with Gasteiger partial charge in [0.05, 0.1) is 17.4 Å². The summed E-state index contributed by atoms with van der Waals surface area (Å²) in [6.07, 6.45) is 0.401. The van der Waals surface area contributed by atoms with Gasteiger partial charge in [-0.15, -0.1) is 0 Å². The molecule has 2 rings (SSSR count). The fourth-order valence-corrected chi connectivity index (χ4v) is 2.03. The van der Waals surface area contributed by atoms with Crippen molar-refractivity contribution < 1.29 is 4.92 Å². The largest absolute Gasteiger partial charge is 0.379 e. The predicted molar refractivity (Wildman–Crippen MR) is 80.9 cm³/mol. The van der Waals surface area contributed by atoms with E-state index in [1.165, 1.54) is 12.1 Å². The second kappa shape index (κ2) is 6.53. The standard InChI is InChI=1S/C16H15N3O2/c1-12(14-4-8-16(9-5-14)19(20)21)18-15-6-2-13(3-7-15)10-11-17/h2-9,12,18H,10H2,1H3. The van der Waals surface area contributed by atoms with Gasteiger partial charge < -0.3 is 5.32 Å². The summed E-state index contributed by atoms with van der Waals surface area (Å²) in [6.45, 7) is 1.99. The molecular formula is C16H15N3O2. The molecule has 0 amide bonds. The monoisotopic (exact) mass is 281 g/mol. The molecule has 5 nitrogen and oxygen atoms in total. The normalized spacial score (nSPS) is 11.4. The second-order valence-corrected chi connectivity index (χ2v) is 4.75. The maximum absolute atomic E-state index is 10.6. The van der Waals surface area contributed by atoms with Crippen LogP contribution in [0.1, 0.15) is 24.1 Å². The summed E-state index contributed by atoms with van der Waals surface area (Å²) < 4.78 is 0. The van der Waals surface area contributed by atoms with Gasteiger partial charge in [0.1, 0.15) is 0 Å². The van der Waals surface area contributed by atoms with Gasteiger partial charge in [0.15, 0.2) is 0 Å². The first-order chi connectivity index (χ1) is 10.1. The molecule has 1 atom stereocenters. The van der Waals surface area contributed by atoms with E-state index in [0.29, 0.717) is 6.42 Å². The third-order valence-electron chi connectivity index (χ3n) is 3.22. The van der Waals surface area contributed by atoms with E-state index in [0.717, 1.165) is 16.8 Å². The Hall–Kier alpha value is -2.87. The SMILES string of the molecule is CC(Nc1ccc(CC#N)cc1)c1ccc([N+](=O)[O-])cc1. The van der Waals surface area contributed by atoms with Crippen LogP contribution >= 0.6 is 0 Å². The number of nitrogens with zero attached hydrogens (tertiary/aromatic N) is 2. The van der Waals surface area contributed by atoms with Crippen molar-refractivity contribution in [2.75, 3.05) is 5.32 Å². The van der Waals surface area contributed by atoms with Gasteiger partial charge in [-0.25, -0.2) is 0 Å². The van der Waals surface area contributed by atoms with Gasteiger partial charge in [-0.1, -0.05) is 24.3 Å². The van der Waals surface area contributed by atoms with Crippen molar-refractivity contribution in [3.05, 3.63) is 69.8 Å². The van der Waals surface area contributed by atoms with Crippen LogP contribution in [-0.4, -0.2) is 4.92 Å². The number of nitriles is 1. The third-order valence-corrected chi connectivity index (χ3v) is 3.22. The highest BCUT2D eigenvalue weighted by Gasteiger charge is 2.09. The van der Waals surface area contributed by atoms with Crippen molar-refractivity contribution in [1.82, 2.24) is 0 Å². The number of nitrogens with one attached hydrogen (secondary N) is 1. The lowest BCUT2D eigenvalue weighted by molar-refractivity contribution is -0.384. The van der Waals surface area contributed by atoms with Gasteiger partial charge in [-0.3, -0.25) is 10.1 Å². The number of anilines is 1. The number of rotatable bonds is 5. The number of nitro groups is 1. The summed E-state index contributed by atoms with van der Waals surface area (Å²) in [4.78, 5) is 10.2. The number of hydrogen-bond acceptors (Lipinski definition) is 4. The highest BCUT2D eigenvalue weighted by Crippen LogP contribution is 2.22. The van der Waals surface area contributed by atoms with E-state index in [1.807, 2.05) is 31.2 Å². The molecule has 5 heteroatoms.